The van der Waals surface area contributed by atoms with Gasteiger partial charge in [-0.05, 0) is 25.5 Å². The summed E-state index contributed by atoms with van der Waals surface area (Å²) in [6.45, 7) is 6.53. The number of halogens is 2. The van der Waals surface area contributed by atoms with Crippen molar-refractivity contribution in [3.8, 4) is 0 Å². The minimum absolute atomic E-state index is 0. The second-order valence-corrected chi connectivity index (χ2v) is 7.21. The van der Waals surface area contributed by atoms with Crippen molar-refractivity contribution < 1.29 is 0 Å². The van der Waals surface area contributed by atoms with Gasteiger partial charge in [-0.3, -0.25) is 4.99 Å². The maximum Gasteiger partial charge on any atom is 0.193 e. The van der Waals surface area contributed by atoms with Crippen LogP contribution in [0.5, 0.6) is 0 Å². The van der Waals surface area contributed by atoms with Gasteiger partial charge in [-0.15, -0.1) is 35.3 Å². The van der Waals surface area contributed by atoms with Crippen molar-refractivity contribution in [2.24, 2.45) is 4.99 Å². The molecular weight excluding hydrogens is 499 g/mol. The van der Waals surface area contributed by atoms with Crippen molar-refractivity contribution in [1.29, 1.82) is 0 Å². The Kier molecular flexibility index (Phi) is 9.84. The molecule has 0 amide bonds. The summed E-state index contributed by atoms with van der Waals surface area (Å²) in [7, 11) is 2.06. The highest BCUT2D eigenvalue weighted by Gasteiger charge is 2.08. The number of hydrogen-bond acceptors (Lipinski definition) is 3. The molecule has 0 radical (unpaired) electrons. The molecule has 0 spiro atoms. The molecule has 0 unspecified atom stereocenters. The fourth-order valence-electron chi connectivity index (χ4n) is 2.23. The number of aryl methyl sites for hydroxylation is 1. The van der Waals surface area contributed by atoms with E-state index >= 15 is 0 Å². The van der Waals surface area contributed by atoms with Crippen LogP contribution >= 0.6 is 51.2 Å². The van der Waals surface area contributed by atoms with E-state index in [9.17, 15) is 0 Å². The second-order valence-electron chi connectivity index (χ2n) is 5.29. The Morgan fingerprint density at radius 3 is 2.75 bits per heavy atom. The first-order chi connectivity index (χ1) is 11.1. The Bertz CT molecular complexity index is 660. The molecule has 7 heteroatoms. The van der Waals surface area contributed by atoms with Gasteiger partial charge < -0.3 is 10.2 Å². The van der Waals surface area contributed by atoms with Crippen LogP contribution in [-0.4, -0.2) is 36.0 Å². The molecule has 2 rings (SSSR count). The molecular formula is C17H24BrIN4S. The van der Waals surface area contributed by atoms with E-state index in [1.165, 1.54) is 5.56 Å². The zero-order valence-electron chi connectivity index (χ0n) is 14.3. The molecule has 0 aliphatic rings. The van der Waals surface area contributed by atoms with Gasteiger partial charge in [-0.1, -0.05) is 34.1 Å². The smallest absolute Gasteiger partial charge is 0.193 e. The van der Waals surface area contributed by atoms with Crippen molar-refractivity contribution in [1.82, 2.24) is 15.2 Å². The van der Waals surface area contributed by atoms with Gasteiger partial charge in [0.1, 0.15) is 0 Å². The van der Waals surface area contributed by atoms with Crippen molar-refractivity contribution >= 4 is 57.2 Å². The molecule has 1 aromatic carbocycles. The number of benzene rings is 1. The van der Waals surface area contributed by atoms with Crippen LogP contribution in [0.3, 0.4) is 0 Å². The lowest BCUT2D eigenvalue weighted by Gasteiger charge is -2.22. The summed E-state index contributed by atoms with van der Waals surface area (Å²) in [6, 6.07) is 8.28. The molecule has 1 N–H and O–H groups in total. The summed E-state index contributed by atoms with van der Waals surface area (Å²) in [6.07, 6.45) is 0.877. The molecule has 1 aromatic heterocycles. The van der Waals surface area contributed by atoms with Crippen LogP contribution in [0, 0.1) is 6.92 Å². The minimum Gasteiger partial charge on any atom is -0.357 e. The highest BCUT2D eigenvalue weighted by atomic mass is 127. The molecule has 0 aliphatic carbocycles. The third kappa shape index (κ3) is 6.68. The lowest BCUT2D eigenvalue weighted by molar-refractivity contribution is 0.476. The van der Waals surface area contributed by atoms with E-state index in [-0.39, 0.29) is 24.0 Å². The zero-order valence-corrected chi connectivity index (χ0v) is 19.0. The molecule has 132 valence electrons. The van der Waals surface area contributed by atoms with Crippen LogP contribution in [0.25, 0.3) is 0 Å². The minimum atomic E-state index is 0. The van der Waals surface area contributed by atoms with E-state index in [1.54, 1.807) is 11.3 Å². The Balaban J connectivity index is 0.00000288. The van der Waals surface area contributed by atoms with Crippen LogP contribution < -0.4 is 5.32 Å². The van der Waals surface area contributed by atoms with Gasteiger partial charge in [0.05, 0.1) is 10.7 Å². The van der Waals surface area contributed by atoms with E-state index in [2.05, 4.69) is 68.7 Å². The summed E-state index contributed by atoms with van der Waals surface area (Å²) in [5.74, 6) is 0.926. The molecule has 0 fully saturated rings. The first-order valence-corrected chi connectivity index (χ1v) is 9.41. The summed E-state index contributed by atoms with van der Waals surface area (Å²) in [5.41, 5.74) is 2.37. The highest BCUT2D eigenvalue weighted by molar-refractivity contribution is 14.0. The molecule has 4 nitrogen and oxygen atoms in total. The molecule has 0 aliphatic heterocycles. The number of rotatable bonds is 6. The topological polar surface area (TPSA) is 40.5 Å². The van der Waals surface area contributed by atoms with Gasteiger partial charge in [0.25, 0.3) is 0 Å². The van der Waals surface area contributed by atoms with Gasteiger partial charge in [0, 0.05) is 43.0 Å². The lowest BCUT2D eigenvalue weighted by atomic mass is 10.2. The summed E-state index contributed by atoms with van der Waals surface area (Å²) in [5, 5.41) is 6.58. The van der Waals surface area contributed by atoms with Crippen LogP contribution in [-0.2, 0) is 13.0 Å². The SMILES string of the molecule is CCNC(=NCCc1csc(C)n1)N(C)Cc1ccccc1Br.I. The van der Waals surface area contributed by atoms with Crippen LogP contribution in [0.2, 0.25) is 0 Å². The monoisotopic (exact) mass is 522 g/mol. The molecule has 0 saturated heterocycles. The van der Waals surface area contributed by atoms with Crippen molar-refractivity contribution in [2.45, 2.75) is 26.8 Å². The number of nitrogens with one attached hydrogen (secondary N) is 1. The van der Waals surface area contributed by atoms with Crippen LogP contribution in [0.1, 0.15) is 23.2 Å². The average Bonchev–Trinajstić information content (AvgIpc) is 2.94. The molecule has 24 heavy (non-hydrogen) atoms. The summed E-state index contributed by atoms with van der Waals surface area (Å²) < 4.78 is 1.13. The van der Waals surface area contributed by atoms with Crippen molar-refractivity contribution in [3.63, 3.8) is 0 Å². The summed E-state index contributed by atoms with van der Waals surface area (Å²) >= 11 is 5.30. The highest BCUT2D eigenvalue weighted by Crippen LogP contribution is 2.17. The second kappa shape index (κ2) is 11.0. The number of aromatic nitrogens is 1. The lowest BCUT2D eigenvalue weighted by Crippen LogP contribution is -2.38. The van der Waals surface area contributed by atoms with Gasteiger partial charge in [0.2, 0.25) is 0 Å². The molecule has 0 saturated carbocycles. The predicted octanol–water partition coefficient (Wildman–Crippen LogP) is 4.47. The molecule has 0 bridgehead atoms. The normalized spacial score (nSPS) is 11.1. The number of nitrogens with zero attached hydrogens (tertiary/aromatic N) is 3. The van der Waals surface area contributed by atoms with E-state index < -0.39 is 0 Å². The molecule has 2 aromatic rings. The van der Waals surface area contributed by atoms with Gasteiger partial charge in [0.15, 0.2) is 5.96 Å². The van der Waals surface area contributed by atoms with Gasteiger partial charge in [-0.25, -0.2) is 4.98 Å². The van der Waals surface area contributed by atoms with Crippen molar-refractivity contribution in [3.05, 3.63) is 50.4 Å². The third-order valence-corrected chi connectivity index (χ3v) is 4.95. The summed E-state index contributed by atoms with van der Waals surface area (Å²) in [4.78, 5) is 11.4. The first kappa shape index (κ1) is 21.4. The Morgan fingerprint density at radius 2 is 2.12 bits per heavy atom. The maximum atomic E-state index is 4.72. The predicted molar refractivity (Wildman–Crippen MR) is 118 cm³/mol. The van der Waals surface area contributed by atoms with Crippen LogP contribution in [0.15, 0.2) is 39.1 Å². The third-order valence-electron chi connectivity index (χ3n) is 3.36. The number of thiazole rings is 1. The van der Waals surface area contributed by atoms with Gasteiger partial charge in [-0.2, -0.15) is 0 Å². The Morgan fingerprint density at radius 1 is 1.38 bits per heavy atom. The Hall–Kier alpha value is -0.670. The van der Waals surface area contributed by atoms with E-state index in [0.717, 1.165) is 47.2 Å². The van der Waals surface area contributed by atoms with E-state index in [1.807, 2.05) is 13.0 Å². The zero-order chi connectivity index (χ0) is 16.7. The van der Waals surface area contributed by atoms with Gasteiger partial charge >= 0.3 is 0 Å². The number of aliphatic imine (C=N–C) groups is 1. The standard InChI is InChI=1S/C17H23BrN4S.HI/c1-4-19-17(20-10-9-15-12-23-13(2)21-15)22(3)11-14-7-5-6-8-16(14)18;/h5-8,12H,4,9-11H2,1-3H3,(H,19,20);1H. The quantitative estimate of drug-likeness (QED) is 0.345. The maximum absolute atomic E-state index is 4.72. The number of hydrogen-bond donors (Lipinski definition) is 1. The average molecular weight is 523 g/mol. The van der Waals surface area contributed by atoms with E-state index in [4.69, 9.17) is 4.99 Å². The fourth-order valence-corrected chi connectivity index (χ4v) is 3.28. The Labute approximate surface area is 173 Å². The van der Waals surface area contributed by atoms with Crippen LogP contribution in [0.4, 0.5) is 0 Å². The molecule has 1 heterocycles. The first-order valence-electron chi connectivity index (χ1n) is 7.74. The number of guanidine groups is 1. The fraction of sp³-hybridized carbons (Fsp3) is 0.412. The van der Waals surface area contributed by atoms with E-state index in [0.29, 0.717) is 0 Å². The largest absolute Gasteiger partial charge is 0.357 e. The van der Waals surface area contributed by atoms with Crippen molar-refractivity contribution in [2.75, 3.05) is 20.1 Å². The molecule has 0 atom stereocenters.